The molecule has 0 unspecified atom stereocenters. The SMILES string of the molecule is COc1[c]nno1. The number of hydrogen-bond acceptors (Lipinski definition) is 4. The third-order valence-corrected chi connectivity index (χ3v) is 0.491. The van der Waals surface area contributed by atoms with E-state index in [-0.39, 0.29) is 5.95 Å². The summed E-state index contributed by atoms with van der Waals surface area (Å²) in [4.78, 5) is 0. The first-order valence-corrected chi connectivity index (χ1v) is 1.67. The quantitative estimate of drug-likeness (QED) is 0.492. The number of aromatic nitrogens is 2. The Morgan fingerprint density at radius 1 is 1.86 bits per heavy atom. The van der Waals surface area contributed by atoms with Crippen molar-refractivity contribution < 1.29 is 9.26 Å². The van der Waals surface area contributed by atoms with E-state index >= 15 is 0 Å². The first kappa shape index (κ1) is 4.11. The fourth-order valence-corrected chi connectivity index (χ4v) is 0.222. The lowest BCUT2D eigenvalue weighted by Gasteiger charge is -1.81. The molecule has 1 aromatic heterocycles. The van der Waals surface area contributed by atoms with Crippen LogP contribution >= 0.6 is 0 Å². The van der Waals surface area contributed by atoms with Crippen LogP contribution in [0.1, 0.15) is 0 Å². The van der Waals surface area contributed by atoms with Crippen LogP contribution in [0.25, 0.3) is 0 Å². The number of rotatable bonds is 1. The van der Waals surface area contributed by atoms with Crippen LogP contribution in [0.15, 0.2) is 4.52 Å². The van der Waals surface area contributed by atoms with Gasteiger partial charge < -0.3 is 4.74 Å². The summed E-state index contributed by atoms with van der Waals surface area (Å²) in [5.74, 6) is 0.208. The van der Waals surface area contributed by atoms with E-state index in [9.17, 15) is 0 Å². The van der Waals surface area contributed by atoms with Crippen LogP contribution in [0.4, 0.5) is 0 Å². The number of methoxy groups -OCH3 is 1. The Hall–Kier alpha value is -1.06. The van der Waals surface area contributed by atoms with Crippen LogP contribution in [0.3, 0.4) is 0 Å². The molecule has 7 heavy (non-hydrogen) atoms. The Morgan fingerprint density at radius 2 is 2.71 bits per heavy atom. The van der Waals surface area contributed by atoms with E-state index in [1.165, 1.54) is 7.11 Å². The van der Waals surface area contributed by atoms with E-state index in [1.54, 1.807) is 0 Å². The van der Waals surface area contributed by atoms with Crippen molar-refractivity contribution in [3.05, 3.63) is 6.20 Å². The van der Waals surface area contributed by atoms with Gasteiger partial charge in [0.25, 0.3) is 0 Å². The van der Waals surface area contributed by atoms with Gasteiger partial charge in [0.1, 0.15) is 0 Å². The van der Waals surface area contributed by atoms with E-state index in [1.807, 2.05) is 0 Å². The number of nitrogens with zero attached hydrogens (tertiary/aromatic N) is 2. The summed E-state index contributed by atoms with van der Waals surface area (Å²) in [6, 6.07) is 0. The Bertz CT molecular complexity index is 125. The van der Waals surface area contributed by atoms with Gasteiger partial charge in [-0.3, -0.25) is 4.52 Å². The van der Waals surface area contributed by atoms with Gasteiger partial charge in [0.2, 0.25) is 6.20 Å². The minimum Gasteiger partial charge on any atom is -0.465 e. The highest BCUT2D eigenvalue weighted by molar-refractivity contribution is 4.87. The Labute approximate surface area is 40.1 Å². The summed E-state index contributed by atoms with van der Waals surface area (Å²) >= 11 is 0. The second kappa shape index (κ2) is 1.59. The van der Waals surface area contributed by atoms with Crippen molar-refractivity contribution in [1.29, 1.82) is 0 Å². The van der Waals surface area contributed by atoms with Crippen molar-refractivity contribution in [3.63, 3.8) is 0 Å². The van der Waals surface area contributed by atoms with Crippen molar-refractivity contribution in [1.82, 2.24) is 10.4 Å². The summed E-state index contributed by atoms with van der Waals surface area (Å²) < 4.78 is 8.85. The van der Waals surface area contributed by atoms with Gasteiger partial charge in [-0.1, -0.05) is 0 Å². The summed E-state index contributed by atoms with van der Waals surface area (Å²) in [5, 5.41) is 6.31. The molecule has 0 saturated carbocycles. The average molecular weight is 99.1 g/mol. The number of hydrogen-bond donors (Lipinski definition) is 0. The van der Waals surface area contributed by atoms with Gasteiger partial charge in [-0.25, -0.2) is 0 Å². The van der Waals surface area contributed by atoms with Crippen LogP contribution < -0.4 is 4.74 Å². The molecule has 0 atom stereocenters. The summed E-state index contributed by atoms with van der Waals surface area (Å²) in [6.07, 6.45) is 2.34. The fourth-order valence-electron chi connectivity index (χ4n) is 0.222. The van der Waals surface area contributed by atoms with Crippen molar-refractivity contribution in [2.24, 2.45) is 0 Å². The largest absolute Gasteiger partial charge is 0.465 e. The lowest BCUT2D eigenvalue weighted by Crippen LogP contribution is -1.75. The Morgan fingerprint density at radius 3 is 3.00 bits per heavy atom. The third-order valence-electron chi connectivity index (χ3n) is 0.491. The summed E-state index contributed by atoms with van der Waals surface area (Å²) in [6.45, 7) is 0. The van der Waals surface area contributed by atoms with E-state index < -0.39 is 0 Å². The Kier molecular flexibility index (Phi) is 0.934. The standard InChI is InChI=1S/C3H3N2O2/c1-6-3-2-4-5-7-3/h1H3. The molecule has 4 heteroatoms. The maximum absolute atomic E-state index is 4.51. The van der Waals surface area contributed by atoms with Crippen LogP contribution in [0.5, 0.6) is 5.95 Å². The normalized spacial score (nSPS) is 8.71. The molecule has 0 aromatic carbocycles. The predicted octanol–water partition coefficient (Wildman–Crippen LogP) is -0.122. The molecule has 1 radical (unpaired) electrons. The molecule has 0 saturated heterocycles. The highest BCUT2D eigenvalue weighted by atomic mass is 16.6. The fraction of sp³-hybridized carbons (Fsp3) is 0.333. The minimum absolute atomic E-state index is 0.208. The second-order valence-corrected chi connectivity index (χ2v) is 0.876. The second-order valence-electron chi connectivity index (χ2n) is 0.876. The lowest BCUT2D eigenvalue weighted by molar-refractivity contribution is 0.254. The highest BCUT2D eigenvalue weighted by Gasteiger charge is 1.91. The van der Waals surface area contributed by atoms with Crippen LogP contribution in [0, 0.1) is 6.20 Å². The molecule has 37 valence electrons. The monoisotopic (exact) mass is 99.0 g/mol. The molecule has 1 heterocycles. The number of ether oxygens (including phenoxy) is 1. The van der Waals surface area contributed by atoms with E-state index in [0.29, 0.717) is 0 Å². The van der Waals surface area contributed by atoms with Gasteiger partial charge in [0, 0.05) is 5.27 Å². The molecule has 0 N–H and O–H groups in total. The molecule has 1 aromatic rings. The first-order chi connectivity index (χ1) is 3.43. The smallest absolute Gasteiger partial charge is 0.342 e. The zero-order chi connectivity index (χ0) is 5.11. The maximum atomic E-state index is 4.51. The molecule has 0 aliphatic carbocycles. The summed E-state index contributed by atoms with van der Waals surface area (Å²) in [5.41, 5.74) is 0. The average Bonchev–Trinajstić information content (AvgIpc) is 2.14. The zero-order valence-electron chi connectivity index (χ0n) is 3.71. The molecule has 0 aliphatic heterocycles. The maximum Gasteiger partial charge on any atom is 0.342 e. The van der Waals surface area contributed by atoms with Gasteiger partial charge >= 0.3 is 5.95 Å². The molecule has 0 amide bonds. The van der Waals surface area contributed by atoms with Crippen molar-refractivity contribution in [2.45, 2.75) is 0 Å². The highest BCUT2D eigenvalue weighted by Crippen LogP contribution is 1.99. The molecule has 1 rings (SSSR count). The molecule has 0 fully saturated rings. The Balaban J connectivity index is 2.76. The van der Waals surface area contributed by atoms with Crippen LogP contribution in [-0.2, 0) is 0 Å². The topological polar surface area (TPSA) is 48.2 Å². The molecule has 0 spiro atoms. The van der Waals surface area contributed by atoms with E-state index in [4.69, 9.17) is 0 Å². The van der Waals surface area contributed by atoms with E-state index in [2.05, 4.69) is 25.8 Å². The van der Waals surface area contributed by atoms with Crippen molar-refractivity contribution >= 4 is 0 Å². The van der Waals surface area contributed by atoms with Gasteiger partial charge in [-0.2, -0.15) is 0 Å². The predicted molar refractivity (Wildman–Crippen MR) is 19.7 cm³/mol. The molecule has 4 nitrogen and oxygen atoms in total. The molecule has 0 bridgehead atoms. The van der Waals surface area contributed by atoms with Crippen molar-refractivity contribution in [3.8, 4) is 5.95 Å². The minimum atomic E-state index is 0.208. The van der Waals surface area contributed by atoms with Gasteiger partial charge in [-0.15, -0.1) is 5.10 Å². The van der Waals surface area contributed by atoms with Gasteiger partial charge in [0.15, 0.2) is 0 Å². The van der Waals surface area contributed by atoms with Crippen molar-refractivity contribution in [2.75, 3.05) is 7.11 Å². The van der Waals surface area contributed by atoms with Crippen LogP contribution in [0.2, 0.25) is 0 Å². The molecular weight excluding hydrogens is 96.0 g/mol. The first-order valence-electron chi connectivity index (χ1n) is 1.67. The molecule has 0 aliphatic rings. The van der Waals surface area contributed by atoms with Gasteiger partial charge in [0.05, 0.1) is 7.11 Å². The molecular formula is C3H3N2O2. The zero-order valence-corrected chi connectivity index (χ0v) is 3.71. The van der Waals surface area contributed by atoms with Gasteiger partial charge in [-0.05, 0) is 0 Å². The lowest BCUT2D eigenvalue weighted by atomic mass is 10.9. The van der Waals surface area contributed by atoms with E-state index in [0.717, 1.165) is 0 Å². The van der Waals surface area contributed by atoms with Crippen LogP contribution in [-0.4, -0.2) is 17.5 Å². The third kappa shape index (κ3) is 0.677. The summed E-state index contributed by atoms with van der Waals surface area (Å²) in [7, 11) is 1.46.